The second kappa shape index (κ2) is 13.4. The molecule has 0 amide bonds. The Labute approximate surface area is 239 Å². The summed E-state index contributed by atoms with van der Waals surface area (Å²) in [5, 5.41) is 5.21. The van der Waals surface area contributed by atoms with Gasteiger partial charge in [-0.3, -0.25) is 14.7 Å². The van der Waals surface area contributed by atoms with E-state index < -0.39 is 25.4 Å². The molecule has 1 aromatic heterocycles. The smallest absolute Gasteiger partial charge is 0.346 e. The van der Waals surface area contributed by atoms with Gasteiger partial charge in [-0.25, -0.2) is 0 Å². The molecule has 11 heteroatoms. The molecule has 0 spiro atoms. The summed E-state index contributed by atoms with van der Waals surface area (Å²) in [6.45, 7) is 0. The highest BCUT2D eigenvalue weighted by Crippen LogP contribution is 2.52. The normalized spacial score (nSPS) is 13.2. The predicted octanol–water partition coefficient (Wildman–Crippen LogP) is 5.73. The molecule has 0 unspecified atom stereocenters. The molecule has 10 nitrogen and oxygen atoms in total. The average Bonchev–Trinajstić information content (AvgIpc) is 3.38. The first-order valence-electron chi connectivity index (χ1n) is 13.0. The summed E-state index contributed by atoms with van der Waals surface area (Å²) in [7, 11) is 4.91. The van der Waals surface area contributed by atoms with Crippen LogP contribution in [-0.4, -0.2) is 60.5 Å². The van der Waals surface area contributed by atoms with Gasteiger partial charge in [0.15, 0.2) is 11.5 Å². The third-order valence-electron chi connectivity index (χ3n) is 7.13. The monoisotopic (exact) mass is 585 g/mol. The number of hydrogen-bond acceptors (Lipinski definition) is 10. The zero-order valence-corrected chi connectivity index (χ0v) is 25.0. The minimum Gasteiger partial charge on any atom is -0.496 e. The number of methoxy groups -OCH3 is 4. The summed E-state index contributed by atoms with van der Waals surface area (Å²) in [6.07, 6.45) is 0.931. The van der Waals surface area contributed by atoms with Crippen molar-refractivity contribution in [3.05, 3.63) is 65.7 Å². The van der Waals surface area contributed by atoms with E-state index >= 15 is 0 Å². The van der Waals surface area contributed by atoms with Gasteiger partial charge in [0.2, 0.25) is 0 Å². The average molecular weight is 586 g/mol. The highest BCUT2D eigenvalue weighted by Gasteiger charge is 2.37. The Morgan fingerprint density at radius 1 is 0.829 bits per heavy atom. The Hall–Kier alpha value is -3.56. The molecule has 0 aliphatic carbocycles. The van der Waals surface area contributed by atoms with Crippen LogP contribution in [0.3, 0.4) is 0 Å². The van der Waals surface area contributed by atoms with Crippen LogP contribution in [-0.2, 0) is 36.0 Å². The van der Waals surface area contributed by atoms with Crippen LogP contribution in [0.1, 0.15) is 17.5 Å². The van der Waals surface area contributed by atoms with Crippen LogP contribution in [0.2, 0.25) is 0 Å². The number of benzene rings is 3. The van der Waals surface area contributed by atoms with E-state index in [1.54, 1.807) is 33.5 Å². The van der Waals surface area contributed by atoms with Crippen LogP contribution < -0.4 is 19.5 Å². The SMILES string of the molecule is COC(=O)[C@H](Cc1ccc2c(c1)oc1ccccc12)N[C@@H](CCc1cc(OC)c(OC)cc1OC)P(=O)(OC)OC. The Bertz CT molecular complexity index is 1540. The van der Waals surface area contributed by atoms with Crippen molar-refractivity contribution in [3.63, 3.8) is 0 Å². The van der Waals surface area contributed by atoms with Crippen molar-refractivity contribution >= 4 is 35.5 Å². The maximum atomic E-state index is 13.7. The minimum absolute atomic E-state index is 0.253. The molecule has 4 aromatic rings. The number of hydrogen-bond donors (Lipinski definition) is 1. The van der Waals surface area contributed by atoms with Crippen molar-refractivity contribution in [1.82, 2.24) is 5.32 Å². The van der Waals surface area contributed by atoms with Gasteiger partial charge in [-0.1, -0.05) is 30.3 Å². The van der Waals surface area contributed by atoms with Crippen molar-refractivity contribution in [1.29, 1.82) is 0 Å². The molecule has 0 bridgehead atoms. The van der Waals surface area contributed by atoms with Crippen molar-refractivity contribution in [2.24, 2.45) is 0 Å². The number of furan rings is 1. The molecule has 41 heavy (non-hydrogen) atoms. The molecule has 3 aromatic carbocycles. The first-order valence-corrected chi connectivity index (χ1v) is 14.7. The molecule has 0 aliphatic heterocycles. The summed E-state index contributed by atoms with van der Waals surface area (Å²) in [6, 6.07) is 16.3. The number of fused-ring (bicyclic) bond motifs is 3. The summed E-state index contributed by atoms with van der Waals surface area (Å²) < 4.78 is 51.9. The Morgan fingerprint density at radius 2 is 1.49 bits per heavy atom. The van der Waals surface area contributed by atoms with Crippen molar-refractivity contribution in [2.45, 2.75) is 31.1 Å². The number of aryl methyl sites for hydroxylation is 1. The molecule has 0 aliphatic rings. The molecular formula is C30H36NO9P. The van der Waals surface area contributed by atoms with Gasteiger partial charge in [0.25, 0.3) is 0 Å². The van der Waals surface area contributed by atoms with Crippen molar-refractivity contribution in [2.75, 3.05) is 42.7 Å². The lowest BCUT2D eigenvalue weighted by atomic mass is 10.0. The number of para-hydroxylation sites is 1. The molecule has 220 valence electrons. The number of rotatable bonds is 14. The summed E-state index contributed by atoms with van der Waals surface area (Å²) in [4.78, 5) is 13.0. The van der Waals surface area contributed by atoms with Crippen LogP contribution >= 0.6 is 7.60 Å². The van der Waals surface area contributed by atoms with Crippen LogP contribution in [0.5, 0.6) is 17.2 Å². The summed E-state index contributed by atoms with van der Waals surface area (Å²) in [5.41, 5.74) is 3.13. The van der Waals surface area contributed by atoms with E-state index in [4.69, 9.17) is 32.4 Å². The number of nitrogens with one attached hydrogen (secondary N) is 1. The fraction of sp³-hybridized carbons (Fsp3) is 0.367. The topological polar surface area (TPSA) is 115 Å². The molecule has 2 atom stereocenters. The van der Waals surface area contributed by atoms with Gasteiger partial charge in [0.05, 0.1) is 28.4 Å². The van der Waals surface area contributed by atoms with Crippen LogP contribution in [0.15, 0.2) is 59.0 Å². The molecule has 4 rings (SSSR count). The van der Waals surface area contributed by atoms with Crippen molar-refractivity contribution < 1.29 is 41.8 Å². The molecule has 1 heterocycles. The van der Waals surface area contributed by atoms with Gasteiger partial charge >= 0.3 is 13.6 Å². The van der Waals surface area contributed by atoms with E-state index in [0.717, 1.165) is 27.5 Å². The van der Waals surface area contributed by atoms with E-state index in [1.165, 1.54) is 21.3 Å². The highest BCUT2D eigenvalue weighted by molar-refractivity contribution is 7.54. The Kier molecular flexibility index (Phi) is 9.94. The van der Waals surface area contributed by atoms with Crippen molar-refractivity contribution in [3.8, 4) is 17.2 Å². The van der Waals surface area contributed by atoms with E-state index in [2.05, 4.69) is 5.32 Å². The first kappa shape index (κ1) is 30.4. The number of carbonyl (C=O) groups excluding carboxylic acids is 1. The summed E-state index contributed by atoms with van der Waals surface area (Å²) >= 11 is 0. The highest BCUT2D eigenvalue weighted by atomic mass is 31.2. The first-order chi connectivity index (χ1) is 19.8. The van der Waals surface area contributed by atoms with Gasteiger partial charge in [-0.2, -0.15) is 0 Å². The van der Waals surface area contributed by atoms with Gasteiger partial charge in [-0.05, 0) is 48.6 Å². The predicted molar refractivity (Wildman–Crippen MR) is 156 cm³/mol. The fourth-order valence-electron chi connectivity index (χ4n) is 4.96. The second-order valence-electron chi connectivity index (χ2n) is 9.35. The standard InChI is InChI=1S/C30H36NO9P/c1-34-25-18-28(36-3)27(35-2)17-20(25)12-14-29(41(33,38-5)39-6)31-23(30(32)37-4)15-19-11-13-22-21-9-7-8-10-24(21)40-26(22)16-19/h7-11,13,16-18,23,29,31H,12,14-15H2,1-6H3/t23-,29+/m0/s1. The van der Waals surface area contributed by atoms with Gasteiger partial charge < -0.3 is 32.4 Å². The van der Waals surface area contributed by atoms with Crippen LogP contribution in [0, 0.1) is 0 Å². The van der Waals surface area contributed by atoms with Gasteiger partial charge in [0, 0.05) is 31.1 Å². The van der Waals surface area contributed by atoms with Gasteiger partial charge in [0.1, 0.15) is 28.7 Å². The van der Waals surface area contributed by atoms with Crippen LogP contribution in [0.25, 0.3) is 21.9 Å². The number of esters is 1. The maximum Gasteiger partial charge on any atom is 0.346 e. The van der Waals surface area contributed by atoms with Gasteiger partial charge in [-0.15, -0.1) is 0 Å². The van der Waals surface area contributed by atoms with E-state index in [9.17, 15) is 9.36 Å². The second-order valence-corrected chi connectivity index (χ2v) is 11.8. The Morgan fingerprint density at radius 3 is 2.15 bits per heavy atom. The third kappa shape index (κ3) is 6.52. The zero-order chi connectivity index (χ0) is 29.6. The summed E-state index contributed by atoms with van der Waals surface area (Å²) in [5.74, 6) is 0.267. The third-order valence-corrected chi connectivity index (χ3v) is 9.32. The molecular weight excluding hydrogens is 549 g/mol. The van der Waals surface area contributed by atoms with E-state index in [1.807, 2.05) is 42.5 Å². The number of carbonyl (C=O) groups is 1. The quantitative estimate of drug-likeness (QED) is 0.145. The van der Waals surface area contributed by atoms with E-state index in [0.29, 0.717) is 29.3 Å². The fourth-order valence-corrected chi connectivity index (χ4v) is 6.43. The molecule has 0 fully saturated rings. The Balaban J connectivity index is 1.62. The maximum absolute atomic E-state index is 13.7. The van der Waals surface area contributed by atoms with E-state index in [-0.39, 0.29) is 12.8 Å². The molecule has 0 saturated heterocycles. The minimum atomic E-state index is -3.69. The van der Waals surface area contributed by atoms with Crippen LogP contribution in [0.4, 0.5) is 0 Å². The lowest BCUT2D eigenvalue weighted by molar-refractivity contribution is -0.143. The lowest BCUT2D eigenvalue weighted by Gasteiger charge is -2.29. The lowest BCUT2D eigenvalue weighted by Crippen LogP contribution is -2.45. The molecule has 0 saturated carbocycles. The largest absolute Gasteiger partial charge is 0.496 e. The molecule has 1 N–H and O–H groups in total. The number of ether oxygens (including phenoxy) is 4. The zero-order valence-electron chi connectivity index (χ0n) is 24.1. The molecule has 0 radical (unpaired) electrons.